The number of carbonyl (C=O) groups is 3. The van der Waals surface area contributed by atoms with Crippen LogP contribution in [0.2, 0.25) is 0 Å². The van der Waals surface area contributed by atoms with Crippen molar-refractivity contribution < 1.29 is 24.2 Å². The van der Waals surface area contributed by atoms with Gasteiger partial charge in [0.05, 0.1) is 6.10 Å². The maximum atomic E-state index is 12.9. The second kappa shape index (κ2) is 6.23. The number of aliphatic carboxylic acids is 1. The summed E-state index contributed by atoms with van der Waals surface area (Å²) in [7, 11) is 0. The number of fused-ring (bicyclic) bond motifs is 1. The average molecular weight is 362 g/mol. The number of carboxylic acids is 1. The molecule has 1 aromatic heterocycles. The Labute approximate surface area is 152 Å². The number of carbonyl (C=O) groups excluding carboxylic acids is 2. The number of aryl methyl sites for hydroxylation is 1. The van der Waals surface area contributed by atoms with E-state index < -0.39 is 22.8 Å². The van der Waals surface area contributed by atoms with Crippen molar-refractivity contribution in [3.8, 4) is 0 Å². The van der Waals surface area contributed by atoms with Gasteiger partial charge in [0.15, 0.2) is 5.78 Å². The Morgan fingerprint density at radius 1 is 1.35 bits per heavy atom. The van der Waals surface area contributed by atoms with Gasteiger partial charge in [0.2, 0.25) is 0 Å². The molecule has 0 bridgehead atoms. The van der Waals surface area contributed by atoms with Crippen molar-refractivity contribution in [1.82, 2.24) is 10.3 Å². The molecule has 0 saturated heterocycles. The first-order valence-corrected chi connectivity index (χ1v) is 9.08. The number of ketones is 1. The molecular formula is C19H26N2O5. The van der Waals surface area contributed by atoms with Gasteiger partial charge in [-0.15, -0.1) is 0 Å². The van der Waals surface area contributed by atoms with Crippen LogP contribution in [0.1, 0.15) is 72.1 Å². The molecular weight excluding hydrogens is 336 g/mol. The van der Waals surface area contributed by atoms with Crippen LogP contribution in [0.4, 0.5) is 0 Å². The van der Waals surface area contributed by atoms with Crippen molar-refractivity contribution in [3.05, 3.63) is 22.5 Å². The van der Waals surface area contributed by atoms with Gasteiger partial charge in [-0.3, -0.25) is 9.59 Å². The lowest BCUT2D eigenvalue weighted by Crippen LogP contribution is -2.76. The van der Waals surface area contributed by atoms with Gasteiger partial charge in [-0.2, -0.15) is 0 Å². The number of aromatic nitrogens is 1. The van der Waals surface area contributed by atoms with Gasteiger partial charge in [0.1, 0.15) is 11.2 Å². The molecule has 1 saturated carbocycles. The summed E-state index contributed by atoms with van der Waals surface area (Å²) >= 11 is 0. The first-order chi connectivity index (χ1) is 12.2. The first kappa shape index (κ1) is 18.6. The van der Waals surface area contributed by atoms with Crippen LogP contribution in [-0.2, 0) is 16.0 Å². The number of nitrogens with one attached hydrogen (secondary N) is 2. The molecule has 3 rings (SSSR count). The van der Waals surface area contributed by atoms with Crippen LogP contribution in [0.15, 0.2) is 0 Å². The minimum atomic E-state index is -1.40. The number of rotatable bonds is 5. The number of Topliss-reactive ketones (excluding diaryl/α,β-unsaturated/α-hetero) is 1. The van der Waals surface area contributed by atoms with Crippen LogP contribution in [0.25, 0.3) is 0 Å². The number of amides is 1. The molecule has 2 unspecified atom stereocenters. The summed E-state index contributed by atoms with van der Waals surface area (Å²) in [5.74, 6) is -1.53. The molecule has 0 radical (unpaired) electrons. The Balaban J connectivity index is 1.90. The van der Waals surface area contributed by atoms with Crippen LogP contribution in [0, 0.1) is 12.3 Å². The summed E-state index contributed by atoms with van der Waals surface area (Å²) in [5.41, 5.74) is 0.0915. The van der Waals surface area contributed by atoms with E-state index in [-0.39, 0.29) is 24.0 Å². The van der Waals surface area contributed by atoms with E-state index in [9.17, 15) is 19.5 Å². The molecule has 3 N–H and O–H groups in total. The third kappa shape index (κ3) is 2.48. The molecule has 0 spiro atoms. The zero-order valence-corrected chi connectivity index (χ0v) is 15.7. The van der Waals surface area contributed by atoms with E-state index in [0.29, 0.717) is 24.2 Å². The molecule has 7 nitrogen and oxygen atoms in total. The lowest BCUT2D eigenvalue weighted by atomic mass is 9.54. The summed E-state index contributed by atoms with van der Waals surface area (Å²) in [6, 6.07) is 0. The molecule has 7 heteroatoms. The van der Waals surface area contributed by atoms with Crippen LogP contribution in [0.3, 0.4) is 0 Å². The second-order valence-corrected chi connectivity index (χ2v) is 7.79. The lowest BCUT2D eigenvalue weighted by molar-refractivity contribution is -0.190. The van der Waals surface area contributed by atoms with Gasteiger partial charge >= 0.3 is 5.97 Å². The zero-order chi connectivity index (χ0) is 19.3. The summed E-state index contributed by atoms with van der Waals surface area (Å²) in [4.78, 5) is 40.1. The topological polar surface area (TPSA) is 108 Å². The number of aromatic amines is 1. The fourth-order valence-corrected chi connectivity index (χ4v) is 4.29. The molecule has 1 fully saturated rings. The van der Waals surface area contributed by atoms with E-state index in [0.717, 1.165) is 18.5 Å². The van der Waals surface area contributed by atoms with Gasteiger partial charge in [-0.05, 0) is 32.3 Å². The van der Waals surface area contributed by atoms with Crippen LogP contribution in [0.5, 0.6) is 0 Å². The van der Waals surface area contributed by atoms with Crippen molar-refractivity contribution in [2.75, 3.05) is 6.61 Å². The Bertz CT molecular complexity index is 779. The third-order valence-electron chi connectivity index (χ3n) is 6.12. The summed E-state index contributed by atoms with van der Waals surface area (Å²) in [6.45, 7) is 7.67. The predicted molar refractivity (Wildman–Crippen MR) is 94.4 cm³/mol. The molecule has 142 valence electrons. The fourth-order valence-electron chi connectivity index (χ4n) is 4.29. The van der Waals surface area contributed by atoms with E-state index in [1.807, 2.05) is 6.92 Å². The van der Waals surface area contributed by atoms with E-state index >= 15 is 0 Å². The Kier molecular flexibility index (Phi) is 4.46. The minimum Gasteiger partial charge on any atom is -0.479 e. The van der Waals surface area contributed by atoms with Crippen molar-refractivity contribution in [2.24, 2.45) is 5.41 Å². The highest BCUT2D eigenvalue weighted by Gasteiger charge is 2.66. The molecule has 2 atom stereocenters. The summed E-state index contributed by atoms with van der Waals surface area (Å²) in [6.07, 6.45) is 1.94. The van der Waals surface area contributed by atoms with Crippen LogP contribution >= 0.6 is 0 Å². The fraction of sp³-hybridized carbons (Fsp3) is 0.632. The number of hydrogen-bond acceptors (Lipinski definition) is 4. The number of ether oxygens (including phenoxy) is 1. The van der Waals surface area contributed by atoms with E-state index in [4.69, 9.17) is 4.74 Å². The van der Waals surface area contributed by atoms with E-state index in [2.05, 4.69) is 10.3 Å². The van der Waals surface area contributed by atoms with Crippen molar-refractivity contribution in [3.63, 3.8) is 0 Å². The molecule has 0 aliphatic heterocycles. The average Bonchev–Trinajstić information content (AvgIpc) is 2.91. The molecule has 2 aliphatic carbocycles. The van der Waals surface area contributed by atoms with Crippen LogP contribution in [-0.4, -0.2) is 46.0 Å². The second-order valence-electron chi connectivity index (χ2n) is 7.79. The Morgan fingerprint density at radius 2 is 2.04 bits per heavy atom. The molecule has 2 aliphatic rings. The largest absolute Gasteiger partial charge is 0.479 e. The van der Waals surface area contributed by atoms with Crippen molar-refractivity contribution >= 4 is 17.7 Å². The molecule has 1 aromatic rings. The van der Waals surface area contributed by atoms with E-state index in [1.165, 1.54) is 0 Å². The van der Waals surface area contributed by atoms with E-state index in [1.54, 1.807) is 20.8 Å². The smallest absolute Gasteiger partial charge is 0.330 e. The highest BCUT2D eigenvalue weighted by molar-refractivity contribution is 6.05. The standard InChI is InChI=1S/C19H26N2O5/c1-5-26-13-9-19(17(24)25,18(13,3)4)21-16(23)15-10(2)14-11(20-15)7-6-8-12(14)22/h13,20H,5-9H2,1-4H3,(H,21,23)(H,24,25). The van der Waals surface area contributed by atoms with Gasteiger partial charge in [-0.25, -0.2) is 4.79 Å². The van der Waals surface area contributed by atoms with Gasteiger partial charge < -0.3 is 20.1 Å². The number of H-pyrrole nitrogens is 1. The third-order valence-corrected chi connectivity index (χ3v) is 6.12. The number of carboxylic acid groups (broad SMARTS) is 1. The van der Waals surface area contributed by atoms with Crippen molar-refractivity contribution in [1.29, 1.82) is 0 Å². The van der Waals surface area contributed by atoms with Gasteiger partial charge in [0, 0.05) is 36.1 Å². The van der Waals surface area contributed by atoms with Gasteiger partial charge in [0.25, 0.3) is 5.91 Å². The maximum absolute atomic E-state index is 12.9. The Hall–Kier alpha value is -2.15. The summed E-state index contributed by atoms with van der Waals surface area (Å²) in [5, 5.41) is 12.6. The highest BCUT2D eigenvalue weighted by atomic mass is 16.5. The van der Waals surface area contributed by atoms with Crippen molar-refractivity contribution in [2.45, 2.75) is 65.0 Å². The van der Waals surface area contributed by atoms with Gasteiger partial charge in [-0.1, -0.05) is 13.8 Å². The molecule has 0 aromatic carbocycles. The maximum Gasteiger partial charge on any atom is 0.330 e. The zero-order valence-electron chi connectivity index (χ0n) is 15.7. The molecule has 1 heterocycles. The normalized spacial score (nSPS) is 26.8. The quantitative estimate of drug-likeness (QED) is 0.744. The molecule has 1 amide bonds. The first-order valence-electron chi connectivity index (χ1n) is 9.08. The van der Waals surface area contributed by atoms with Crippen LogP contribution < -0.4 is 5.32 Å². The number of hydrogen-bond donors (Lipinski definition) is 3. The SMILES string of the molecule is CCOC1CC(NC(=O)c2[nH]c3c(c2C)C(=O)CCC3)(C(=O)O)C1(C)C. The lowest BCUT2D eigenvalue weighted by Gasteiger charge is -2.58. The Morgan fingerprint density at radius 3 is 2.58 bits per heavy atom. The predicted octanol–water partition coefficient (Wildman–Crippen LogP) is 2.23. The highest BCUT2D eigenvalue weighted by Crippen LogP contribution is 2.51. The monoisotopic (exact) mass is 362 g/mol. The summed E-state index contributed by atoms with van der Waals surface area (Å²) < 4.78 is 5.62. The molecule has 26 heavy (non-hydrogen) atoms. The minimum absolute atomic E-state index is 0.0346.